The Bertz CT molecular complexity index is 452. The lowest BCUT2D eigenvalue weighted by Gasteiger charge is -2.33. The molecule has 0 aromatic heterocycles. The highest BCUT2D eigenvalue weighted by atomic mass is 35.5. The summed E-state index contributed by atoms with van der Waals surface area (Å²) >= 11 is 0. The highest BCUT2D eigenvalue weighted by molar-refractivity contribution is 5.90. The van der Waals surface area contributed by atoms with Crippen molar-refractivity contribution in [3.63, 3.8) is 0 Å². The van der Waals surface area contributed by atoms with Gasteiger partial charge >= 0.3 is 5.97 Å². The number of esters is 1. The van der Waals surface area contributed by atoms with Crippen LogP contribution < -0.4 is 5.32 Å². The molecule has 4 nitrogen and oxygen atoms in total. The van der Waals surface area contributed by atoms with Gasteiger partial charge in [0.1, 0.15) is 0 Å². The third-order valence-electron chi connectivity index (χ3n) is 3.91. The van der Waals surface area contributed by atoms with Gasteiger partial charge in [-0.3, -0.25) is 4.90 Å². The van der Waals surface area contributed by atoms with Crippen LogP contribution in [0.4, 0.5) is 0 Å². The number of hydrogen-bond acceptors (Lipinski definition) is 4. The normalized spacial score (nSPS) is 18.9. The largest absolute Gasteiger partial charge is 0.465 e. The Morgan fingerprint density at radius 1 is 1.43 bits per heavy atom. The van der Waals surface area contributed by atoms with Crippen LogP contribution in [-0.4, -0.2) is 44.7 Å². The lowest BCUT2D eigenvalue weighted by atomic mass is 9.97. The summed E-state index contributed by atoms with van der Waals surface area (Å²) in [7, 11) is 3.44. The van der Waals surface area contributed by atoms with Crippen LogP contribution in [0.15, 0.2) is 24.3 Å². The number of halogens is 1. The van der Waals surface area contributed by atoms with Crippen molar-refractivity contribution < 1.29 is 9.53 Å². The van der Waals surface area contributed by atoms with Gasteiger partial charge in [-0.2, -0.15) is 0 Å². The van der Waals surface area contributed by atoms with Crippen molar-refractivity contribution in [1.82, 2.24) is 10.2 Å². The monoisotopic (exact) mass is 312 g/mol. The first-order valence-electron chi connectivity index (χ1n) is 7.27. The standard InChI is InChI=1S/C16H24N2O2.ClH/c1-17-10-13-6-5-9-18(11-13)12-14-7-3-4-8-15(14)16(19)20-2;/h3-4,7-8,13,17H,5-6,9-12H2,1-2H3;1H. The highest BCUT2D eigenvalue weighted by Gasteiger charge is 2.21. The van der Waals surface area contributed by atoms with E-state index in [2.05, 4.69) is 10.2 Å². The molecule has 0 radical (unpaired) electrons. The van der Waals surface area contributed by atoms with Crippen molar-refractivity contribution in [3.8, 4) is 0 Å². The second-order valence-electron chi connectivity index (χ2n) is 5.45. The first kappa shape index (κ1) is 18.0. The summed E-state index contributed by atoms with van der Waals surface area (Å²) in [5, 5.41) is 3.26. The van der Waals surface area contributed by atoms with Crippen LogP contribution in [0.5, 0.6) is 0 Å². The number of likely N-dealkylation sites (tertiary alicyclic amines) is 1. The molecule has 1 unspecified atom stereocenters. The lowest BCUT2D eigenvalue weighted by molar-refractivity contribution is 0.0597. The Morgan fingerprint density at radius 3 is 2.90 bits per heavy atom. The van der Waals surface area contributed by atoms with E-state index in [1.165, 1.54) is 20.0 Å². The van der Waals surface area contributed by atoms with Crippen LogP contribution >= 0.6 is 12.4 Å². The molecule has 0 spiro atoms. The van der Waals surface area contributed by atoms with Crippen LogP contribution in [0, 0.1) is 5.92 Å². The smallest absolute Gasteiger partial charge is 0.338 e. The summed E-state index contributed by atoms with van der Waals surface area (Å²) in [5.41, 5.74) is 1.75. The predicted molar refractivity (Wildman–Crippen MR) is 87.0 cm³/mol. The van der Waals surface area contributed by atoms with E-state index in [-0.39, 0.29) is 18.4 Å². The Kier molecular flexibility index (Phi) is 7.72. The van der Waals surface area contributed by atoms with Crippen LogP contribution in [0.25, 0.3) is 0 Å². The van der Waals surface area contributed by atoms with E-state index in [0.29, 0.717) is 11.5 Å². The van der Waals surface area contributed by atoms with Gasteiger partial charge in [-0.05, 0) is 50.5 Å². The van der Waals surface area contributed by atoms with Crippen molar-refractivity contribution >= 4 is 18.4 Å². The van der Waals surface area contributed by atoms with Gasteiger partial charge in [0.05, 0.1) is 12.7 Å². The Morgan fingerprint density at radius 2 is 2.19 bits per heavy atom. The number of nitrogens with zero attached hydrogens (tertiary/aromatic N) is 1. The zero-order valence-electron chi connectivity index (χ0n) is 12.8. The Hall–Kier alpha value is -1.10. The molecule has 2 rings (SSSR count). The van der Waals surface area contributed by atoms with Crippen LogP contribution in [0.1, 0.15) is 28.8 Å². The zero-order valence-corrected chi connectivity index (χ0v) is 13.6. The molecule has 1 N–H and O–H groups in total. The highest BCUT2D eigenvalue weighted by Crippen LogP contribution is 2.20. The molecule has 1 atom stereocenters. The van der Waals surface area contributed by atoms with E-state index in [9.17, 15) is 4.79 Å². The minimum absolute atomic E-state index is 0. The predicted octanol–water partition coefficient (Wildman–Crippen LogP) is 2.33. The fourth-order valence-corrected chi connectivity index (χ4v) is 2.96. The third kappa shape index (κ3) is 4.99. The van der Waals surface area contributed by atoms with Crippen molar-refractivity contribution in [2.75, 3.05) is 33.8 Å². The fraction of sp³-hybridized carbons (Fsp3) is 0.562. The number of methoxy groups -OCH3 is 1. The molecule has 1 aliphatic heterocycles. The van der Waals surface area contributed by atoms with Crippen LogP contribution in [-0.2, 0) is 11.3 Å². The fourth-order valence-electron chi connectivity index (χ4n) is 2.96. The number of piperidine rings is 1. The Labute approximate surface area is 133 Å². The lowest BCUT2D eigenvalue weighted by Crippen LogP contribution is -2.38. The maximum absolute atomic E-state index is 11.8. The van der Waals surface area contributed by atoms with Gasteiger partial charge in [-0.15, -0.1) is 12.4 Å². The van der Waals surface area contributed by atoms with Crippen LogP contribution in [0.3, 0.4) is 0 Å². The molecular formula is C16H25ClN2O2. The molecule has 1 aromatic carbocycles. The average molecular weight is 313 g/mol. The molecule has 1 aromatic rings. The molecule has 1 aliphatic rings. The molecule has 1 fully saturated rings. The van der Waals surface area contributed by atoms with Crippen molar-refractivity contribution in [3.05, 3.63) is 35.4 Å². The molecule has 0 bridgehead atoms. The molecule has 1 heterocycles. The summed E-state index contributed by atoms with van der Waals surface area (Å²) in [6, 6.07) is 7.73. The number of ether oxygens (including phenoxy) is 1. The second-order valence-corrected chi connectivity index (χ2v) is 5.45. The van der Waals surface area contributed by atoms with Gasteiger partial charge in [0.15, 0.2) is 0 Å². The SMILES string of the molecule is CNCC1CCCN(Cc2ccccc2C(=O)OC)C1.Cl. The maximum atomic E-state index is 11.8. The third-order valence-corrected chi connectivity index (χ3v) is 3.91. The summed E-state index contributed by atoms with van der Waals surface area (Å²) in [6.45, 7) is 4.09. The van der Waals surface area contributed by atoms with E-state index in [1.807, 2.05) is 31.3 Å². The molecule has 118 valence electrons. The Balaban J connectivity index is 0.00000220. The summed E-state index contributed by atoms with van der Waals surface area (Å²) in [6.07, 6.45) is 2.52. The van der Waals surface area contributed by atoms with E-state index in [1.54, 1.807) is 0 Å². The topological polar surface area (TPSA) is 41.6 Å². The maximum Gasteiger partial charge on any atom is 0.338 e. The number of nitrogens with one attached hydrogen (secondary N) is 1. The van der Waals surface area contributed by atoms with Gasteiger partial charge in [-0.1, -0.05) is 18.2 Å². The van der Waals surface area contributed by atoms with E-state index >= 15 is 0 Å². The van der Waals surface area contributed by atoms with E-state index in [0.717, 1.165) is 31.7 Å². The van der Waals surface area contributed by atoms with Gasteiger partial charge in [0.25, 0.3) is 0 Å². The molecular weight excluding hydrogens is 288 g/mol. The summed E-state index contributed by atoms with van der Waals surface area (Å²) in [4.78, 5) is 14.2. The minimum Gasteiger partial charge on any atom is -0.465 e. The molecule has 0 saturated carbocycles. The average Bonchev–Trinajstić information content (AvgIpc) is 2.48. The summed E-state index contributed by atoms with van der Waals surface area (Å²) in [5.74, 6) is 0.462. The molecule has 5 heteroatoms. The number of benzene rings is 1. The first-order valence-corrected chi connectivity index (χ1v) is 7.27. The number of hydrogen-bond donors (Lipinski definition) is 1. The van der Waals surface area contributed by atoms with E-state index in [4.69, 9.17) is 4.74 Å². The number of carbonyl (C=O) groups is 1. The van der Waals surface area contributed by atoms with Gasteiger partial charge in [-0.25, -0.2) is 4.79 Å². The molecule has 1 saturated heterocycles. The van der Waals surface area contributed by atoms with Gasteiger partial charge in [0.2, 0.25) is 0 Å². The summed E-state index contributed by atoms with van der Waals surface area (Å²) < 4.78 is 4.86. The number of rotatable bonds is 5. The second kappa shape index (κ2) is 9.03. The molecule has 0 amide bonds. The van der Waals surface area contributed by atoms with Crippen molar-refractivity contribution in [2.45, 2.75) is 19.4 Å². The van der Waals surface area contributed by atoms with Gasteiger partial charge in [0, 0.05) is 13.1 Å². The zero-order chi connectivity index (χ0) is 14.4. The van der Waals surface area contributed by atoms with Crippen LogP contribution in [0.2, 0.25) is 0 Å². The molecule has 0 aliphatic carbocycles. The first-order chi connectivity index (χ1) is 9.74. The number of carbonyl (C=O) groups excluding carboxylic acids is 1. The van der Waals surface area contributed by atoms with Crippen molar-refractivity contribution in [2.24, 2.45) is 5.92 Å². The van der Waals surface area contributed by atoms with Gasteiger partial charge < -0.3 is 10.1 Å². The van der Waals surface area contributed by atoms with Crippen molar-refractivity contribution in [1.29, 1.82) is 0 Å². The minimum atomic E-state index is -0.246. The van der Waals surface area contributed by atoms with E-state index < -0.39 is 0 Å². The quantitative estimate of drug-likeness (QED) is 0.847. The molecule has 21 heavy (non-hydrogen) atoms.